The van der Waals surface area contributed by atoms with Crippen LogP contribution >= 0.6 is 0 Å². The Morgan fingerprint density at radius 3 is 2.57 bits per heavy atom. The van der Waals surface area contributed by atoms with Crippen LogP contribution in [0, 0.1) is 5.41 Å². The molecule has 4 nitrogen and oxygen atoms in total. The molecule has 1 fully saturated rings. The van der Waals surface area contributed by atoms with Crippen molar-refractivity contribution in [2.45, 2.75) is 20.3 Å². The predicted molar refractivity (Wildman–Crippen MR) is 51.8 cm³/mol. The number of nitrogens with zero attached hydrogens (tertiary/aromatic N) is 1. The first-order chi connectivity index (χ1) is 6.49. The molecule has 1 atom stereocenters. The first-order valence-electron chi connectivity index (χ1n) is 4.64. The molecule has 0 aromatic rings. The molecule has 0 aromatic carbocycles. The van der Waals surface area contributed by atoms with E-state index < -0.39 is 11.4 Å². The normalized spacial score (nSPS) is 27.1. The van der Waals surface area contributed by atoms with Crippen LogP contribution in [0.15, 0.2) is 12.2 Å². The lowest BCUT2D eigenvalue weighted by Crippen LogP contribution is -2.34. The highest BCUT2D eigenvalue weighted by atomic mass is 16.4. The minimum Gasteiger partial charge on any atom is -0.481 e. The van der Waals surface area contributed by atoms with Crippen molar-refractivity contribution in [1.82, 2.24) is 4.90 Å². The van der Waals surface area contributed by atoms with E-state index in [9.17, 15) is 9.59 Å². The van der Waals surface area contributed by atoms with Crippen LogP contribution in [0.1, 0.15) is 20.3 Å². The summed E-state index contributed by atoms with van der Waals surface area (Å²) in [5.74, 6) is -0.925. The summed E-state index contributed by atoms with van der Waals surface area (Å²) in [5, 5.41) is 8.95. The largest absolute Gasteiger partial charge is 0.481 e. The fraction of sp³-hybridized carbons (Fsp3) is 0.600. The third-order valence-electron chi connectivity index (χ3n) is 2.61. The van der Waals surface area contributed by atoms with E-state index in [2.05, 4.69) is 0 Å². The van der Waals surface area contributed by atoms with Crippen molar-refractivity contribution < 1.29 is 14.7 Å². The minimum absolute atomic E-state index is 0.0996. The van der Waals surface area contributed by atoms with Crippen LogP contribution in [0.3, 0.4) is 0 Å². The van der Waals surface area contributed by atoms with Crippen molar-refractivity contribution in [3.63, 3.8) is 0 Å². The van der Waals surface area contributed by atoms with Gasteiger partial charge < -0.3 is 10.0 Å². The number of hydrogen-bond acceptors (Lipinski definition) is 2. The molecule has 0 saturated carbocycles. The molecule has 1 heterocycles. The van der Waals surface area contributed by atoms with Gasteiger partial charge in [0, 0.05) is 13.1 Å². The van der Waals surface area contributed by atoms with E-state index in [1.54, 1.807) is 24.8 Å². The van der Waals surface area contributed by atoms with Crippen molar-refractivity contribution in [2.75, 3.05) is 13.1 Å². The number of carbonyl (C=O) groups is 2. The summed E-state index contributed by atoms with van der Waals surface area (Å²) in [6.07, 6.45) is 3.66. The van der Waals surface area contributed by atoms with E-state index in [0.29, 0.717) is 19.5 Å². The summed E-state index contributed by atoms with van der Waals surface area (Å²) in [5.41, 5.74) is -0.767. The van der Waals surface area contributed by atoms with Crippen LogP contribution in [0.25, 0.3) is 0 Å². The number of aliphatic carboxylic acids is 1. The van der Waals surface area contributed by atoms with Crippen LogP contribution in [-0.2, 0) is 9.59 Å². The molecule has 0 aliphatic carbocycles. The van der Waals surface area contributed by atoms with Gasteiger partial charge in [-0.25, -0.2) is 0 Å². The zero-order valence-corrected chi connectivity index (χ0v) is 8.49. The van der Waals surface area contributed by atoms with E-state index in [4.69, 9.17) is 5.11 Å². The van der Waals surface area contributed by atoms with Crippen LogP contribution < -0.4 is 0 Å². The van der Waals surface area contributed by atoms with Crippen LogP contribution in [0.5, 0.6) is 0 Å². The number of amides is 1. The third kappa shape index (κ3) is 1.95. The van der Waals surface area contributed by atoms with Gasteiger partial charge >= 0.3 is 5.97 Å². The zero-order valence-electron chi connectivity index (χ0n) is 8.49. The quantitative estimate of drug-likeness (QED) is 0.669. The smallest absolute Gasteiger partial charge is 0.311 e. The lowest BCUT2D eigenvalue weighted by molar-refractivity contribution is -0.147. The Morgan fingerprint density at radius 1 is 1.50 bits per heavy atom. The molecule has 14 heavy (non-hydrogen) atoms. The monoisotopic (exact) mass is 197 g/mol. The second-order valence-corrected chi connectivity index (χ2v) is 3.88. The first kappa shape index (κ1) is 10.8. The fourth-order valence-corrected chi connectivity index (χ4v) is 1.57. The maximum atomic E-state index is 11.4. The standard InChI is InChI=1S/C10H15NO3/c1-3-4-8(12)11-6-5-10(2,7-11)9(13)14/h3-4H,5-7H2,1-2H3,(H,13,14)/b4-3+. The Hall–Kier alpha value is -1.32. The molecule has 0 spiro atoms. The third-order valence-corrected chi connectivity index (χ3v) is 2.61. The highest BCUT2D eigenvalue weighted by molar-refractivity contribution is 5.88. The summed E-state index contributed by atoms with van der Waals surface area (Å²) in [6, 6.07) is 0. The number of allylic oxidation sites excluding steroid dienone is 1. The summed E-state index contributed by atoms with van der Waals surface area (Å²) in [6.45, 7) is 4.29. The molecule has 1 amide bonds. The molecule has 4 heteroatoms. The average Bonchev–Trinajstić information content (AvgIpc) is 2.50. The SMILES string of the molecule is C/C=C/C(=O)N1CCC(C)(C(=O)O)C1. The number of hydrogen-bond donors (Lipinski definition) is 1. The van der Waals surface area contributed by atoms with Gasteiger partial charge in [-0.2, -0.15) is 0 Å². The van der Waals surface area contributed by atoms with Gasteiger partial charge in [0.05, 0.1) is 5.41 Å². The number of likely N-dealkylation sites (tertiary alicyclic amines) is 1. The Kier molecular flexibility index (Phi) is 2.93. The van der Waals surface area contributed by atoms with Crippen LogP contribution in [-0.4, -0.2) is 35.0 Å². The van der Waals surface area contributed by atoms with E-state index in [1.807, 2.05) is 0 Å². The molecule has 1 aliphatic heterocycles. The van der Waals surface area contributed by atoms with Gasteiger partial charge in [0.25, 0.3) is 0 Å². The van der Waals surface area contributed by atoms with Crippen LogP contribution in [0.2, 0.25) is 0 Å². The van der Waals surface area contributed by atoms with Gasteiger partial charge in [-0.1, -0.05) is 6.08 Å². The second-order valence-electron chi connectivity index (χ2n) is 3.88. The van der Waals surface area contributed by atoms with Gasteiger partial charge in [0.1, 0.15) is 0 Å². The summed E-state index contributed by atoms with van der Waals surface area (Å²) >= 11 is 0. The van der Waals surface area contributed by atoms with Gasteiger partial charge in [0.15, 0.2) is 0 Å². The van der Waals surface area contributed by atoms with Crippen molar-refractivity contribution in [3.8, 4) is 0 Å². The highest BCUT2D eigenvalue weighted by Gasteiger charge is 2.41. The van der Waals surface area contributed by atoms with Crippen molar-refractivity contribution in [1.29, 1.82) is 0 Å². The molecule has 0 bridgehead atoms. The van der Waals surface area contributed by atoms with E-state index in [1.165, 1.54) is 6.08 Å². The number of carboxylic acid groups (broad SMARTS) is 1. The summed E-state index contributed by atoms with van der Waals surface area (Å²) in [7, 11) is 0. The molecule has 1 N–H and O–H groups in total. The second kappa shape index (κ2) is 3.82. The van der Waals surface area contributed by atoms with E-state index in [-0.39, 0.29) is 5.91 Å². The minimum atomic E-state index is -0.826. The predicted octanol–water partition coefficient (Wildman–Crippen LogP) is 0.886. The van der Waals surface area contributed by atoms with Gasteiger partial charge in [0.2, 0.25) is 5.91 Å². The highest BCUT2D eigenvalue weighted by Crippen LogP contribution is 2.30. The lowest BCUT2D eigenvalue weighted by Gasteiger charge is -2.18. The van der Waals surface area contributed by atoms with Crippen molar-refractivity contribution >= 4 is 11.9 Å². The molecule has 78 valence electrons. The van der Waals surface area contributed by atoms with E-state index >= 15 is 0 Å². The number of rotatable bonds is 2. The van der Waals surface area contributed by atoms with Crippen molar-refractivity contribution in [3.05, 3.63) is 12.2 Å². The molecule has 0 aromatic heterocycles. The Labute approximate surface area is 83.2 Å². The fourth-order valence-electron chi connectivity index (χ4n) is 1.57. The van der Waals surface area contributed by atoms with Gasteiger partial charge in [-0.05, 0) is 26.3 Å². The Balaban J connectivity index is 2.65. The molecular formula is C10H15NO3. The van der Waals surface area contributed by atoms with E-state index in [0.717, 1.165) is 0 Å². The number of carboxylic acids is 1. The average molecular weight is 197 g/mol. The molecule has 1 rings (SSSR count). The summed E-state index contributed by atoms with van der Waals surface area (Å²) in [4.78, 5) is 23.9. The molecule has 1 saturated heterocycles. The zero-order chi connectivity index (χ0) is 10.8. The molecular weight excluding hydrogens is 182 g/mol. The first-order valence-corrected chi connectivity index (χ1v) is 4.64. The molecule has 0 radical (unpaired) electrons. The van der Waals surface area contributed by atoms with Crippen LogP contribution in [0.4, 0.5) is 0 Å². The maximum absolute atomic E-state index is 11.4. The lowest BCUT2D eigenvalue weighted by atomic mass is 9.90. The summed E-state index contributed by atoms with van der Waals surface area (Å²) < 4.78 is 0. The Bertz CT molecular complexity index is 285. The molecule has 1 unspecified atom stereocenters. The topological polar surface area (TPSA) is 57.6 Å². The van der Waals surface area contributed by atoms with Crippen molar-refractivity contribution in [2.24, 2.45) is 5.41 Å². The Morgan fingerprint density at radius 2 is 2.14 bits per heavy atom. The number of carbonyl (C=O) groups excluding carboxylic acids is 1. The van der Waals surface area contributed by atoms with Gasteiger partial charge in [-0.3, -0.25) is 9.59 Å². The maximum Gasteiger partial charge on any atom is 0.311 e. The molecule has 1 aliphatic rings. The van der Waals surface area contributed by atoms with Gasteiger partial charge in [-0.15, -0.1) is 0 Å².